The van der Waals surface area contributed by atoms with Crippen LogP contribution < -0.4 is 10.1 Å². The maximum absolute atomic E-state index is 12.4. The predicted molar refractivity (Wildman–Crippen MR) is 102 cm³/mol. The average molecular weight is 348 g/mol. The third-order valence-electron chi connectivity index (χ3n) is 3.55. The Kier molecular flexibility index (Phi) is 6.58. The third-order valence-corrected chi connectivity index (χ3v) is 3.55. The van der Waals surface area contributed by atoms with Gasteiger partial charge in [-0.1, -0.05) is 18.2 Å². The summed E-state index contributed by atoms with van der Waals surface area (Å²) >= 11 is 0. The molecule has 0 aromatic heterocycles. The minimum atomic E-state index is -0.514. The molecule has 0 radical (unpaired) electrons. The van der Waals surface area contributed by atoms with Crippen molar-refractivity contribution >= 4 is 17.7 Å². The number of hydrogen-bond acceptors (Lipinski definition) is 4. The highest BCUT2D eigenvalue weighted by Gasteiger charge is 2.11. The summed E-state index contributed by atoms with van der Waals surface area (Å²) in [5.74, 6) is 0.276. The van der Waals surface area contributed by atoms with E-state index >= 15 is 0 Å². The fraction of sp³-hybridized carbons (Fsp3) is 0.143. The number of nitrogens with zero attached hydrogens (tertiary/aromatic N) is 1. The lowest BCUT2D eigenvalue weighted by molar-refractivity contribution is -0.112. The van der Waals surface area contributed by atoms with E-state index in [1.165, 1.54) is 12.1 Å². The monoisotopic (exact) mass is 348 g/mol. The number of allylic oxidation sites excluding steroid dienone is 1. The number of anilines is 1. The van der Waals surface area contributed by atoms with Crippen molar-refractivity contribution in [3.63, 3.8) is 0 Å². The van der Waals surface area contributed by atoms with Gasteiger partial charge in [0.15, 0.2) is 0 Å². The van der Waals surface area contributed by atoms with Crippen LogP contribution in [-0.2, 0) is 11.2 Å². The van der Waals surface area contributed by atoms with Crippen molar-refractivity contribution in [3.8, 4) is 17.6 Å². The summed E-state index contributed by atoms with van der Waals surface area (Å²) in [5, 5.41) is 21.8. The van der Waals surface area contributed by atoms with E-state index < -0.39 is 5.91 Å². The molecule has 2 aromatic carbocycles. The molecule has 0 saturated carbocycles. The Morgan fingerprint density at radius 2 is 2.15 bits per heavy atom. The van der Waals surface area contributed by atoms with E-state index in [1.807, 2.05) is 13.0 Å². The van der Waals surface area contributed by atoms with Crippen LogP contribution in [-0.4, -0.2) is 17.6 Å². The molecule has 0 fully saturated rings. The van der Waals surface area contributed by atoms with E-state index in [0.717, 1.165) is 0 Å². The molecule has 0 aliphatic carbocycles. The van der Waals surface area contributed by atoms with Gasteiger partial charge in [-0.25, -0.2) is 0 Å². The van der Waals surface area contributed by atoms with Gasteiger partial charge < -0.3 is 15.2 Å². The quantitative estimate of drug-likeness (QED) is 0.449. The first kappa shape index (κ1) is 18.8. The summed E-state index contributed by atoms with van der Waals surface area (Å²) < 4.78 is 5.40. The Balaban J connectivity index is 2.22. The van der Waals surface area contributed by atoms with Gasteiger partial charge in [-0.05, 0) is 54.8 Å². The molecule has 0 spiro atoms. The number of ether oxygens (including phenoxy) is 1. The highest BCUT2D eigenvalue weighted by atomic mass is 16.5. The summed E-state index contributed by atoms with van der Waals surface area (Å²) in [5.41, 5.74) is 1.83. The first-order valence-corrected chi connectivity index (χ1v) is 8.16. The first-order valence-electron chi connectivity index (χ1n) is 8.16. The van der Waals surface area contributed by atoms with Gasteiger partial charge in [0.25, 0.3) is 5.91 Å². The van der Waals surface area contributed by atoms with Crippen molar-refractivity contribution in [2.45, 2.75) is 13.3 Å². The Hall–Kier alpha value is -3.52. The second-order valence-corrected chi connectivity index (χ2v) is 5.47. The zero-order valence-corrected chi connectivity index (χ0v) is 14.5. The summed E-state index contributed by atoms with van der Waals surface area (Å²) in [6.45, 7) is 6.04. The lowest BCUT2D eigenvalue weighted by Crippen LogP contribution is -2.13. The van der Waals surface area contributed by atoms with Crippen LogP contribution in [0, 0.1) is 11.3 Å². The molecule has 0 heterocycles. The molecule has 0 aliphatic heterocycles. The van der Waals surface area contributed by atoms with Crippen LogP contribution in [0.15, 0.2) is 60.7 Å². The van der Waals surface area contributed by atoms with Gasteiger partial charge in [0.05, 0.1) is 6.61 Å². The topological polar surface area (TPSA) is 82.4 Å². The molecule has 5 heteroatoms. The Morgan fingerprint density at radius 1 is 1.35 bits per heavy atom. The largest absolute Gasteiger partial charge is 0.508 e. The van der Waals surface area contributed by atoms with E-state index in [1.54, 1.807) is 42.5 Å². The number of hydrogen-bond donors (Lipinski definition) is 2. The number of phenolic OH excluding ortho intramolecular Hbond substituents is 1. The molecule has 0 unspecified atom stereocenters. The van der Waals surface area contributed by atoms with Crippen LogP contribution in [0.3, 0.4) is 0 Å². The molecule has 2 N–H and O–H groups in total. The molecule has 0 atom stereocenters. The molecule has 5 nitrogen and oxygen atoms in total. The van der Waals surface area contributed by atoms with E-state index in [4.69, 9.17) is 4.74 Å². The van der Waals surface area contributed by atoms with Crippen LogP contribution in [0.4, 0.5) is 5.69 Å². The number of carbonyl (C=O) groups excluding carboxylic acids is 1. The molecule has 2 rings (SSSR count). The second-order valence-electron chi connectivity index (χ2n) is 5.47. The number of amides is 1. The Morgan fingerprint density at radius 3 is 2.85 bits per heavy atom. The van der Waals surface area contributed by atoms with Gasteiger partial charge in [-0.3, -0.25) is 4.79 Å². The maximum Gasteiger partial charge on any atom is 0.266 e. The average Bonchev–Trinajstić information content (AvgIpc) is 2.63. The summed E-state index contributed by atoms with van der Waals surface area (Å²) in [7, 11) is 0. The molecule has 1 amide bonds. The summed E-state index contributed by atoms with van der Waals surface area (Å²) in [4.78, 5) is 12.4. The fourth-order valence-electron chi connectivity index (χ4n) is 2.36. The molecular weight excluding hydrogens is 328 g/mol. The van der Waals surface area contributed by atoms with Gasteiger partial charge in [0, 0.05) is 11.8 Å². The predicted octanol–water partition coefficient (Wildman–Crippen LogP) is 4.07. The van der Waals surface area contributed by atoms with Crippen molar-refractivity contribution < 1.29 is 14.6 Å². The van der Waals surface area contributed by atoms with E-state index in [9.17, 15) is 15.2 Å². The number of carbonyl (C=O) groups is 1. The lowest BCUT2D eigenvalue weighted by atomic mass is 10.0. The molecule has 132 valence electrons. The van der Waals surface area contributed by atoms with Crippen molar-refractivity contribution in [2.75, 3.05) is 11.9 Å². The minimum absolute atomic E-state index is 0.0398. The van der Waals surface area contributed by atoms with Crippen LogP contribution >= 0.6 is 0 Å². The van der Waals surface area contributed by atoms with Crippen molar-refractivity contribution in [1.29, 1.82) is 5.26 Å². The number of nitrogens with one attached hydrogen (secondary N) is 1. The van der Waals surface area contributed by atoms with Crippen molar-refractivity contribution in [1.82, 2.24) is 0 Å². The SMILES string of the molecule is C=CCc1cc(/C=C(\C#N)C(=O)Nc2cccc(OCC)c2)ccc1O. The normalized spacial score (nSPS) is 10.7. The van der Waals surface area contributed by atoms with E-state index in [2.05, 4.69) is 11.9 Å². The number of nitriles is 1. The molecule has 26 heavy (non-hydrogen) atoms. The third kappa shape index (κ3) is 4.99. The first-order chi connectivity index (χ1) is 12.6. The van der Waals surface area contributed by atoms with Crippen LogP contribution in [0.2, 0.25) is 0 Å². The molecule has 0 aliphatic rings. The van der Waals surface area contributed by atoms with Gasteiger partial charge in [0.1, 0.15) is 23.1 Å². The number of benzene rings is 2. The minimum Gasteiger partial charge on any atom is -0.508 e. The lowest BCUT2D eigenvalue weighted by Gasteiger charge is -2.08. The molecule has 0 saturated heterocycles. The summed E-state index contributed by atoms with van der Waals surface area (Å²) in [6, 6.07) is 13.8. The van der Waals surface area contributed by atoms with Gasteiger partial charge >= 0.3 is 0 Å². The number of phenols is 1. The molecule has 0 bridgehead atoms. The van der Waals surface area contributed by atoms with Gasteiger partial charge in [0.2, 0.25) is 0 Å². The highest BCUT2D eigenvalue weighted by Crippen LogP contribution is 2.22. The van der Waals surface area contributed by atoms with Crippen LogP contribution in [0.1, 0.15) is 18.1 Å². The number of aromatic hydroxyl groups is 1. The van der Waals surface area contributed by atoms with E-state index in [0.29, 0.717) is 35.6 Å². The number of rotatable bonds is 7. The van der Waals surface area contributed by atoms with Crippen LogP contribution in [0.25, 0.3) is 6.08 Å². The van der Waals surface area contributed by atoms with Crippen molar-refractivity contribution in [2.24, 2.45) is 0 Å². The second kappa shape index (κ2) is 9.09. The maximum atomic E-state index is 12.4. The summed E-state index contributed by atoms with van der Waals surface area (Å²) in [6.07, 6.45) is 3.64. The van der Waals surface area contributed by atoms with Crippen LogP contribution in [0.5, 0.6) is 11.5 Å². The fourth-order valence-corrected chi connectivity index (χ4v) is 2.36. The Bertz CT molecular complexity index is 879. The molecular formula is C21H20N2O3. The zero-order valence-electron chi connectivity index (χ0n) is 14.5. The van der Waals surface area contributed by atoms with E-state index in [-0.39, 0.29) is 11.3 Å². The highest BCUT2D eigenvalue weighted by molar-refractivity contribution is 6.09. The Labute approximate surface area is 152 Å². The smallest absolute Gasteiger partial charge is 0.266 e. The zero-order chi connectivity index (χ0) is 18.9. The standard InChI is InChI=1S/C21H20N2O3/c1-3-6-16-11-15(9-10-20(16)24)12-17(14-22)21(25)23-18-7-5-8-19(13-18)26-4-2/h3,5,7-13,24H,1,4,6H2,2H3,(H,23,25)/b17-12+. The van der Waals surface area contributed by atoms with Gasteiger partial charge in [-0.15, -0.1) is 6.58 Å². The van der Waals surface area contributed by atoms with Gasteiger partial charge in [-0.2, -0.15) is 5.26 Å². The van der Waals surface area contributed by atoms with Crippen molar-refractivity contribution in [3.05, 3.63) is 71.8 Å². The molecule has 2 aromatic rings.